The van der Waals surface area contributed by atoms with Gasteiger partial charge in [-0.1, -0.05) is 18.5 Å². The molecular formula is C14H23ClN2O. The molecule has 1 aromatic carbocycles. The molecule has 4 heteroatoms. The summed E-state index contributed by atoms with van der Waals surface area (Å²) in [6.07, 6.45) is 1.16. The number of benzene rings is 1. The van der Waals surface area contributed by atoms with E-state index in [9.17, 15) is 0 Å². The van der Waals surface area contributed by atoms with Gasteiger partial charge in [-0.05, 0) is 38.1 Å². The largest absolute Gasteiger partial charge is 0.495 e. The molecule has 18 heavy (non-hydrogen) atoms. The highest BCUT2D eigenvalue weighted by Crippen LogP contribution is 2.29. The van der Waals surface area contributed by atoms with E-state index < -0.39 is 0 Å². The molecule has 0 bridgehead atoms. The minimum atomic E-state index is 0.651. The van der Waals surface area contributed by atoms with Crippen molar-refractivity contribution in [2.45, 2.75) is 13.3 Å². The number of hydrogen-bond donors (Lipinski definition) is 1. The quantitative estimate of drug-likeness (QED) is 0.824. The molecule has 0 amide bonds. The molecule has 0 aliphatic rings. The molecule has 0 saturated carbocycles. The first-order chi connectivity index (χ1) is 8.58. The van der Waals surface area contributed by atoms with E-state index in [2.05, 4.69) is 24.2 Å². The molecule has 1 atom stereocenters. The Balaban J connectivity index is 2.58. The highest BCUT2D eigenvalue weighted by molar-refractivity contribution is 6.32. The highest BCUT2D eigenvalue weighted by Gasteiger charge is 2.07. The molecule has 0 saturated heterocycles. The Bertz CT molecular complexity index is 371. The monoisotopic (exact) mass is 270 g/mol. The predicted octanol–water partition coefficient (Wildman–Crippen LogP) is 3.03. The Morgan fingerprint density at radius 3 is 2.78 bits per heavy atom. The Hall–Kier alpha value is -0.930. The maximum absolute atomic E-state index is 6.02. The lowest BCUT2D eigenvalue weighted by Gasteiger charge is -2.22. The van der Waals surface area contributed by atoms with Crippen LogP contribution in [0.25, 0.3) is 0 Å². The average Bonchev–Trinajstić information content (AvgIpc) is 2.37. The summed E-state index contributed by atoms with van der Waals surface area (Å²) >= 11 is 6.02. The van der Waals surface area contributed by atoms with Crippen LogP contribution in [0.15, 0.2) is 18.2 Å². The van der Waals surface area contributed by atoms with Crippen LogP contribution in [-0.2, 0) is 0 Å². The van der Waals surface area contributed by atoms with Crippen LogP contribution in [0.1, 0.15) is 13.3 Å². The standard InChI is InChI=1S/C14H23ClN2O/c1-11(10-16-2)7-8-17(3)12-5-6-13(15)14(9-12)18-4/h5-6,9,11,16H,7-8,10H2,1-4H3. The molecule has 1 N–H and O–H groups in total. The van der Waals surface area contributed by atoms with Crippen LogP contribution < -0.4 is 15.0 Å². The maximum Gasteiger partial charge on any atom is 0.139 e. The second kappa shape index (κ2) is 7.49. The van der Waals surface area contributed by atoms with Crippen molar-refractivity contribution in [3.05, 3.63) is 23.2 Å². The lowest BCUT2D eigenvalue weighted by Crippen LogP contribution is -2.24. The summed E-state index contributed by atoms with van der Waals surface area (Å²) < 4.78 is 5.23. The van der Waals surface area contributed by atoms with E-state index in [1.807, 2.05) is 25.2 Å². The molecule has 1 aromatic rings. The van der Waals surface area contributed by atoms with Crippen molar-refractivity contribution < 1.29 is 4.74 Å². The minimum Gasteiger partial charge on any atom is -0.495 e. The number of rotatable bonds is 7. The molecule has 0 aliphatic heterocycles. The van der Waals surface area contributed by atoms with E-state index >= 15 is 0 Å². The van der Waals surface area contributed by atoms with Gasteiger partial charge in [-0.15, -0.1) is 0 Å². The second-order valence-electron chi connectivity index (χ2n) is 4.69. The smallest absolute Gasteiger partial charge is 0.139 e. The fourth-order valence-electron chi connectivity index (χ4n) is 1.88. The van der Waals surface area contributed by atoms with Crippen molar-refractivity contribution in [2.24, 2.45) is 5.92 Å². The number of nitrogens with one attached hydrogen (secondary N) is 1. The van der Waals surface area contributed by atoms with Gasteiger partial charge in [0.05, 0.1) is 12.1 Å². The zero-order valence-corrected chi connectivity index (χ0v) is 12.4. The highest BCUT2D eigenvalue weighted by atomic mass is 35.5. The molecule has 0 spiro atoms. The normalized spacial score (nSPS) is 12.3. The van der Waals surface area contributed by atoms with E-state index in [0.717, 1.165) is 30.9 Å². The summed E-state index contributed by atoms with van der Waals surface area (Å²) in [6.45, 7) is 4.33. The molecular weight excluding hydrogens is 248 g/mol. The van der Waals surface area contributed by atoms with Gasteiger partial charge in [0.15, 0.2) is 0 Å². The lowest BCUT2D eigenvalue weighted by molar-refractivity contribution is 0.415. The average molecular weight is 271 g/mol. The maximum atomic E-state index is 6.02. The number of nitrogens with zero attached hydrogens (tertiary/aromatic N) is 1. The minimum absolute atomic E-state index is 0.651. The first-order valence-corrected chi connectivity index (χ1v) is 6.65. The molecule has 0 heterocycles. The molecule has 1 rings (SSSR count). The van der Waals surface area contributed by atoms with Gasteiger partial charge >= 0.3 is 0 Å². The zero-order valence-electron chi connectivity index (χ0n) is 11.7. The molecule has 0 fully saturated rings. The van der Waals surface area contributed by atoms with Crippen molar-refractivity contribution in [3.63, 3.8) is 0 Å². The van der Waals surface area contributed by atoms with Gasteiger partial charge in [-0.2, -0.15) is 0 Å². The summed E-state index contributed by atoms with van der Waals surface area (Å²) in [5.41, 5.74) is 1.13. The van der Waals surface area contributed by atoms with Crippen molar-refractivity contribution in [1.29, 1.82) is 0 Å². The number of methoxy groups -OCH3 is 1. The SMILES string of the molecule is CNCC(C)CCN(C)c1ccc(Cl)c(OC)c1. The summed E-state index contributed by atoms with van der Waals surface area (Å²) in [5, 5.41) is 3.85. The topological polar surface area (TPSA) is 24.5 Å². The van der Waals surface area contributed by atoms with E-state index in [1.54, 1.807) is 7.11 Å². The van der Waals surface area contributed by atoms with E-state index in [-0.39, 0.29) is 0 Å². The fraction of sp³-hybridized carbons (Fsp3) is 0.571. The second-order valence-corrected chi connectivity index (χ2v) is 5.10. The fourth-order valence-corrected chi connectivity index (χ4v) is 2.07. The van der Waals surface area contributed by atoms with Gasteiger partial charge in [-0.25, -0.2) is 0 Å². The predicted molar refractivity (Wildman–Crippen MR) is 79.0 cm³/mol. The first-order valence-electron chi connectivity index (χ1n) is 6.27. The molecule has 1 unspecified atom stereocenters. The third-order valence-electron chi connectivity index (χ3n) is 3.09. The van der Waals surface area contributed by atoms with Gasteiger partial charge in [0.1, 0.15) is 5.75 Å². The van der Waals surface area contributed by atoms with Crippen LogP contribution in [-0.4, -0.2) is 34.3 Å². The Morgan fingerprint density at radius 2 is 2.17 bits per heavy atom. The molecule has 102 valence electrons. The van der Waals surface area contributed by atoms with Gasteiger partial charge in [0, 0.05) is 25.3 Å². The summed E-state index contributed by atoms with van der Waals surface area (Å²) in [7, 11) is 5.72. The van der Waals surface area contributed by atoms with Gasteiger partial charge < -0.3 is 15.0 Å². The van der Waals surface area contributed by atoms with E-state index in [1.165, 1.54) is 0 Å². The molecule has 0 radical (unpaired) electrons. The molecule has 0 aliphatic carbocycles. The number of halogens is 1. The van der Waals surface area contributed by atoms with Crippen molar-refractivity contribution in [1.82, 2.24) is 5.32 Å². The van der Waals surface area contributed by atoms with E-state index in [0.29, 0.717) is 10.9 Å². The number of ether oxygens (including phenoxy) is 1. The first kappa shape index (κ1) is 15.1. The van der Waals surface area contributed by atoms with Crippen LogP contribution >= 0.6 is 11.6 Å². The van der Waals surface area contributed by atoms with Crippen LogP contribution in [0, 0.1) is 5.92 Å². The summed E-state index contributed by atoms with van der Waals surface area (Å²) in [6, 6.07) is 5.88. The molecule has 0 aromatic heterocycles. The van der Waals surface area contributed by atoms with E-state index in [4.69, 9.17) is 16.3 Å². The lowest BCUT2D eigenvalue weighted by atomic mass is 10.1. The van der Waals surface area contributed by atoms with Gasteiger partial charge in [0.25, 0.3) is 0 Å². The van der Waals surface area contributed by atoms with Crippen LogP contribution in [0.4, 0.5) is 5.69 Å². The summed E-state index contributed by atoms with van der Waals surface area (Å²) in [5.74, 6) is 1.40. The number of anilines is 1. The van der Waals surface area contributed by atoms with Crippen LogP contribution in [0.3, 0.4) is 0 Å². The zero-order chi connectivity index (χ0) is 13.5. The van der Waals surface area contributed by atoms with Crippen molar-refractivity contribution >= 4 is 17.3 Å². The Labute approximate surface area is 115 Å². The Morgan fingerprint density at radius 1 is 1.44 bits per heavy atom. The van der Waals surface area contributed by atoms with Gasteiger partial charge in [0.2, 0.25) is 0 Å². The third-order valence-corrected chi connectivity index (χ3v) is 3.40. The van der Waals surface area contributed by atoms with Crippen molar-refractivity contribution in [2.75, 3.05) is 39.2 Å². The van der Waals surface area contributed by atoms with Crippen molar-refractivity contribution in [3.8, 4) is 5.75 Å². The Kier molecular flexibility index (Phi) is 6.30. The van der Waals surface area contributed by atoms with Crippen LogP contribution in [0.2, 0.25) is 5.02 Å². The third kappa shape index (κ3) is 4.39. The number of hydrogen-bond acceptors (Lipinski definition) is 3. The van der Waals surface area contributed by atoms with Gasteiger partial charge in [-0.3, -0.25) is 0 Å². The van der Waals surface area contributed by atoms with Crippen LogP contribution in [0.5, 0.6) is 5.75 Å². The molecule has 3 nitrogen and oxygen atoms in total. The summed E-state index contributed by atoms with van der Waals surface area (Å²) in [4.78, 5) is 2.23.